The van der Waals surface area contributed by atoms with Crippen LogP contribution < -0.4 is 14.8 Å². The van der Waals surface area contributed by atoms with E-state index >= 15 is 0 Å². The number of hydrogen-bond donors (Lipinski definition) is 1. The molecule has 0 radical (unpaired) electrons. The Balaban J connectivity index is 1.80. The van der Waals surface area contributed by atoms with Gasteiger partial charge in [0.25, 0.3) is 11.7 Å². The molecule has 0 saturated carbocycles. The maximum absolute atomic E-state index is 12.5. The molecule has 1 N–H and O–H groups in total. The van der Waals surface area contributed by atoms with Crippen molar-refractivity contribution in [2.45, 2.75) is 33.6 Å². The van der Waals surface area contributed by atoms with E-state index in [1.54, 1.807) is 30.5 Å². The zero-order chi connectivity index (χ0) is 19.2. The molecular formula is C19H23N5O3. The monoisotopic (exact) mass is 369 g/mol. The zero-order valence-electron chi connectivity index (χ0n) is 15.7. The summed E-state index contributed by atoms with van der Waals surface area (Å²) in [6.45, 7) is 7.12. The van der Waals surface area contributed by atoms with Crippen LogP contribution in [0.5, 0.6) is 11.5 Å². The highest BCUT2D eigenvalue weighted by molar-refractivity contribution is 6.01. The van der Waals surface area contributed by atoms with E-state index in [0.717, 1.165) is 18.5 Å². The standard InChI is InChI=1S/C19H23N5O3/c1-4-10-26-15-7-6-14(12-16(15)27-11-5-2)21-18(25)17-22-19-20-9-8-13(3)24(19)23-17/h6-9,12H,4-5,10-11H2,1-3H3,(H,21,25). The molecule has 8 heteroatoms. The van der Waals surface area contributed by atoms with Gasteiger partial charge in [-0.25, -0.2) is 9.50 Å². The van der Waals surface area contributed by atoms with E-state index in [9.17, 15) is 4.79 Å². The van der Waals surface area contributed by atoms with Crippen LogP contribution in [0.1, 0.15) is 43.0 Å². The molecule has 0 bridgehead atoms. The molecule has 0 unspecified atom stereocenters. The van der Waals surface area contributed by atoms with Gasteiger partial charge in [-0.1, -0.05) is 13.8 Å². The van der Waals surface area contributed by atoms with Gasteiger partial charge in [0, 0.05) is 23.6 Å². The lowest BCUT2D eigenvalue weighted by Gasteiger charge is -2.13. The normalized spacial score (nSPS) is 10.8. The van der Waals surface area contributed by atoms with Crippen molar-refractivity contribution in [3.63, 3.8) is 0 Å². The predicted octanol–water partition coefficient (Wildman–Crippen LogP) is 3.26. The molecular weight excluding hydrogens is 346 g/mol. The molecule has 1 aromatic carbocycles. The van der Waals surface area contributed by atoms with Crippen molar-refractivity contribution >= 4 is 17.4 Å². The number of amides is 1. The Morgan fingerprint density at radius 1 is 1.11 bits per heavy atom. The predicted molar refractivity (Wildman–Crippen MR) is 101 cm³/mol. The number of nitrogens with zero attached hydrogens (tertiary/aromatic N) is 4. The molecule has 8 nitrogen and oxygen atoms in total. The maximum atomic E-state index is 12.5. The number of carbonyl (C=O) groups excluding carboxylic acids is 1. The second-order valence-corrected chi connectivity index (χ2v) is 6.05. The van der Waals surface area contributed by atoms with Crippen molar-refractivity contribution < 1.29 is 14.3 Å². The summed E-state index contributed by atoms with van der Waals surface area (Å²) in [5.41, 5.74) is 1.43. The number of nitrogens with one attached hydrogen (secondary N) is 1. The molecule has 3 rings (SSSR count). The third-order valence-electron chi connectivity index (χ3n) is 3.76. The fourth-order valence-electron chi connectivity index (χ4n) is 2.43. The van der Waals surface area contributed by atoms with Crippen LogP contribution in [0.2, 0.25) is 0 Å². The molecule has 0 fully saturated rings. The summed E-state index contributed by atoms with van der Waals surface area (Å²) >= 11 is 0. The second-order valence-electron chi connectivity index (χ2n) is 6.05. The van der Waals surface area contributed by atoms with Gasteiger partial charge < -0.3 is 14.8 Å². The minimum Gasteiger partial charge on any atom is -0.490 e. The number of fused-ring (bicyclic) bond motifs is 1. The van der Waals surface area contributed by atoms with Crippen LogP contribution in [0.4, 0.5) is 5.69 Å². The molecule has 0 spiro atoms. The van der Waals surface area contributed by atoms with Gasteiger partial charge in [-0.05, 0) is 38.0 Å². The lowest BCUT2D eigenvalue weighted by atomic mass is 10.2. The second kappa shape index (κ2) is 8.48. The SMILES string of the molecule is CCCOc1ccc(NC(=O)c2nc3nccc(C)n3n2)cc1OCCC. The van der Waals surface area contributed by atoms with Crippen LogP contribution in [0.25, 0.3) is 5.78 Å². The number of ether oxygens (including phenoxy) is 2. The average Bonchev–Trinajstić information content (AvgIpc) is 3.11. The molecule has 0 aliphatic rings. The van der Waals surface area contributed by atoms with E-state index < -0.39 is 5.91 Å². The molecule has 2 heterocycles. The third-order valence-corrected chi connectivity index (χ3v) is 3.76. The minimum absolute atomic E-state index is 0.0548. The summed E-state index contributed by atoms with van der Waals surface area (Å²) in [7, 11) is 0. The van der Waals surface area contributed by atoms with Crippen LogP contribution in [0, 0.1) is 6.92 Å². The Morgan fingerprint density at radius 2 is 1.85 bits per heavy atom. The Labute approximate surface area is 157 Å². The van der Waals surface area contributed by atoms with Crippen molar-refractivity contribution in [2.24, 2.45) is 0 Å². The maximum Gasteiger partial charge on any atom is 0.295 e. The minimum atomic E-state index is -0.413. The van der Waals surface area contributed by atoms with Gasteiger partial charge in [0.05, 0.1) is 13.2 Å². The van der Waals surface area contributed by atoms with Gasteiger partial charge in [-0.2, -0.15) is 4.98 Å². The molecule has 27 heavy (non-hydrogen) atoms. The molecule has 2 aromatic heterocycles. The number of benzene rings is 1. The van der Waals surface area contributed by atoms with Gasteiger partial charge >= 0.3 is 0 Å². The topological polar surface area (TPSA) is 90.6 Å². The Kier molecular flexibility index (Phi) is 5.85. The van der Waals surface area contributed by atoms with Gasteiger partial charge in [0.2, 0.25) is 5.82 Å². The fraction of sp³-hybridized carbons (Fsp3) is 0.368. The van der Waals surface area contributed by atoms with Crippen molar-refractivity contribution in [1.29, 1.82) is 0 Å². The zero-order valence-corrected chi connectivity index (χ0v) is 15.7. The Morgan fingerprint density at radius 3 is 2.56 bits per heavy atom. The first-order chi connectivity index (χ1) is 13.1. The molecule has 142 valence electrons. The summed E-state index contributed by atoms with van der Waals surface area (Å²) in [5, 5.41) is 7.01. The van der Waals surface area contributed by atoms with Crippen molar-refractivity contribution in [2.75, 3.05) is 18.5 Å². The fourth-order valence-corrected chi connectivity index (χ4v) is 2.43. The van der Waals surface area contributed by atoms with E-state index in [4.69, 9.17) is 9.47 Å². The van der Waals surface area contributed by atoms with Crippen LogP contribution in [0.3, 0.4) is 0 Å². The molecule has 3 aromatic rings. The largest absolute Gasteiger partial charge is 0.490 e. The summed E-state index contributed by atoms with van der Waals surface area (Å²) in [6, 6.07) is 7.10. The van der Waals surface area contributed by atoms with E-state index in [-0.39, 0.29) is 5.82 Å². The van der Waals surface area contributed by atoms with Crippen LogP contribution in [0.15, 0.2) is 30.5 Å². The molecule has 0 aliphatic heterocycles. The van der Waals surface area contributed by atoms with E-state index in [1.165, 1.54) is 4.52 Å². The van der Waals surface area contributed by atoms with E-state index in [2.05, 4.69) is 20.4 Å². The third kappa shape index (κ3) is 4.33. The first-order valence-corrected chi connectivity index (χ1v) is 9.01. The molecule has 0 aliphatic carbocycles. The summed E-state index contributed by atoms with van der Waals surface area (Å²) < 4.78 is 13.0. The summed E-state index contributed by atoms with van der Waals surface area (Å²) in [4.78, 5) is 20.8. The highest BCUT2D eigenvalue weighted by atomic mass is 16.5. The van der Waals surface area contributed by atoms with Crippen molar-refractivity contribution in [3.05, 3.63) is 42.0 Å². The van der Waals surface area contributed by atoms with Gasteiger partial charge in [-0.15, -0.1) is 5.10 Å². The van der Waals surface area contributed by atoms with Crippen LogP contribution in [-0.4, -0.2) is 38.7 Å². The average molecular weight is 369 g/mol. The quantitative estimate of drug-likeness (QED) is 0.655. The Bertz CT molecular complexity index is 938. The first-order valence-electron chi connectivity index (χ1n) is 9.01. The number of hydrogen-bond acceptors (Lipinski definition) is 6. The van der Waals surface area contributed by atoms with Crippen LogP contribution in [-0.2, 0) is 0 Å². The number of carbonyl (C=O) groups is 1. The lowest BCUT2D eigenvalue weighted by molar-refractivity contribution is 0.101. The van der Waals surface area contributed by atoms with Crippen LogP contribution >= 0.6 is 0 Å². The highest BCUT2D eigenvalue weighted by Gasteiger charge is 2.16. The first kappa shape index (κ1) is 18.6. The van der Waals surface area contributed by atoms with Crippen molar-refractivity contribution in [3.8, 4) is 11.5 Å². The summed E-state index contributed by atoms with van der Waals surface area (Å²) in [5.74, 6) is 1.29. The molecule has 0 atom stereocenters. The number of anilines is 1. The smallest absolute Gasteiger partial charge is 0.295 e. The van der Waals surface area contributed by atoms with Gasteiger partial charge in [0.1, 0.15) is 0 Å². The molecule has 0 saturated heterocycles. The number of aromatic nitrogens is 4. The number of aryl methyl sites for hydroxylation is 1. The van der Waals surface area contributed by atoms with Crippen molar-refractivity contribution in [1.82, 2.24) is 19.6 Å². The lowest BCUT2D eigenvalue weighted by Crippen LogP contribution is -2.14. The highest BCUT2D eigenvalue weighted by Crippen LogP contribution is 2.31. The van der Waals surface area contributed by atoms with E-state index in [1.807, 2.05) is 20.8 Å². The van der Waals surface area contributed by atoms with Gasteiger partial charge in [-0.3, -0.25) is 4.79 Å². The van der Waals surface area contributed by atoms with E-state index in [0.29, 0.717) is 36.2 Å². The molecule has 1 amide bonds. The number of rotatable bonds is 8. The Hall–Kier alpha value is -3.16. The summed E-state index contributed by atoms with van der Waals surface area (Å²) in [6.07, 6.45) is 3.41. The van der Waals surface area contributed by atoms with Gasteiger partial charge in [0.15, 0.2) is 11.5 Å².